The molecule has 0 atom stereocenters. The Morgan fingerprint density at radius 1 is 0.897 bits per heavy atom. The fraction of sp³-hybridized carbons (Fsp3) is 0.379. The van der Waals surface area contributed by atoms with Crippen LogP contribution in [0.4, 0.5) is 18.9 Å². The zero-order chi connectivity index (χ0) is 27.8. The number of halogens is 3. The number of alkyl halides is 3. The van der Waals surface area contributed by atoms with Crippen LogP contribution < -0.4 is 19.7 Å². The topological polar surface area (TPSA) is 66.9 Å². The lowest BCUT2D eigenvalue weighted by Crippen LogP contribution is -2.46. The second kappa shape index (κ2) is 12.8. The Morgan fingerprint density at radius 3 is 2.23 bits per heavy atom. The predicted molar refractivity (Wildman–Crippen MR) is 144 cm³/mol. The highest BCUT2D eigenvalue weighted by molar-refractivity contribution is 5.94. The van der Waals surface area contributed by atoms with E-state index in [0.717, 1.165) is 66.6 Å². The molecule has 1 aromatic heterocycles. The molecule has 2 heterocycles. The second-order valence-electron chi connectivity index (χ2n) is 9.25. The number of ether oxygens (including phenoxy) is 2. The van der Waals surface area contributed by atoms with Gasteiger partial charge in [0.05, 0.1) is 19.4 Å². The van der Waals surface area contributed by atoms with Crippen molar-refractivity contribution in [1.29, 1.82) is 0 Å². The predicted octanol–water partition coefficient (Wildman–Crippen LogP) is 5.16. The number of nitrogens with zero attached hydrogens (tertiary/aromatic N) is 3. The van der Waals surface area contributed by atoms with Crippen LogP contribution in [0.2, 0.25) is 0 Å². The van der Waals surface area contributed by atoms with E-state index in [2.05, 4.69) is 26.9 Å². The van der Waals surface area contributed by atoms with Gasteiger partial charge in [-0.15, -0.1) is 0 Å². The Hall–Kier alpha value is -3.79. The number of rotatable bonds is 10. The van der Waals surface area contributed by atoms with Crippen molar-refractivity contribution in [3.8, 4) is 22.6 Å². The number of benzene rings is 2. The van der Waals surface area contributed by atoms with E-state index in [1.54, 1.807) is 30.5 Å². The first-order chi connectivity index (χ1) is 18.7. The lowest BCUT2D eigenvalue weighted by molar-refractivity contribution is -0.123. The van der Waals surface area contributed by atoms with Gasteiger partial charge in [0.2, 0.25) is 0 Å². The van der Waals surface area contributed by atoms with Gasteiger partial charge in [0.1, 0.15) is 18.0 Å². The van der Waals surface area contributed by atoms with Crippen LogP contribution in [0.5, 0.6) is 11.5 Å². The van der Waals surface area contributed by atoms with Crippen LogP contribution in [0.15, 0.2) is 60.9 Å². The summed E-state index contributed by atoms with van der Waals surface area (Å²) < 4.78 is 48.5. The number of aromatic nitrogens is 1. The van der Waals surface area contributed by atoms with Crippen LogP contribution in [0.1, 0.15) is 29.8 Å². The molecule has 0 radical (unpaired) electrons. The second-order valence-corrected chi connectivity index (χ2v) is 9.25. The molecule has 39 heavy (non-hydrogen) atoms. The smallest absolute Gasteiger partial charge is 0.405 e. The SMILES string of the molecule is CCOc1cncc(-c2cc(CN3CCN(c4ccc(C(=O)NCC(F)(F)F)cc4)CC3)cc(OCC)c2)c1. The number of piperazine rings is 1. The summed E-state index contributed by atoms with van der Waals surface area (Å²) in [6.45, 7) is 7.72. The van der Waals surface area contributed by atoms with E-state index >= 15 is 0 Å². The first-order valence-corrected chi connectivity index (χ1v) is 13.0. The summed E-state index contributed by atoms with van der Waals surface area (Å²) in [5, 5.41) is 1.90. The van der Waals surface area contributed by atoms with Crippen molar-refractivity contribution in [2.75, 3.05) is 50.8 Å². The summed E-state index contributed by atoms with van der Waals surface area (Å²) in [6, 6.07) is 14.9. The van der Waals surface area contributed by atoms with Gasteiger partial charge >= 0.3 is 6.18 Å². The highest BCUT2D eigenvalue weighted by Crippen LogP contribution is 2.29. The fourth-order valence-electron chi connectivity index (χ4n) is 4.52. The number of anilines is 1. The molecule has 7 nitrogen and oxygen atoms in total. The maximum atomic E-state index is 12.4. The number of nitrogens with one attached hydrogen (secondary N) is 1. The third-order valence-electron chi connectivity index (χ3n) is 6.36. The maximum absolute atomic E-state index is 12.4. The van der Waals surface area contributed by atoms with E-state index < -0.39 is 18.6 Å². The summed E-state index contributed by atoms with van der Waals surface area (Å²) in [7, 11) is 0. The highest BCUT2D eigenvalue weighted by atomic mass is 19.4. The van der Waals surface area contributed by atoms with Gasteiger partial charge in [-0.2, -0.15) is 13.2 Å². The van der Waals surface area contributed by atoms with E-state index in [0.29, 0.717) is 13.2 Å². The molecule has 1 fully saturated rings. The molecule has 1 N–H and O–H groups in total. The first kappa shape index (κ1) is 28.2. The van der Waals surface area contributed by atoms with E-state index in [9.17, 15) is 18.0 Å². The molecular weight excluding hydrogens is 509 g/mol. The quantitative estimate of drug-likeness (QED) is 0.382. The summed E-state index contributed by atoms with van der Waals surface area (Å²) in [4.78, 5) is 20.9. The molecule has 0 spiro atoms. The zero-order valence-electron chi connectivity index (χ0n) is 22.1. The maximum Gasteiger partial charge on any atom is 0.405 e. The number of hydrogen-bond acceptors (Lipinski definition) is 6. The van der Waals surface area contributed by atoms with Gasteiger partial charge < -0.3 is 19.7 Å². The summed E-state index contributed by atoms with van der Waals surface area (Å²) in [6.07, 6.45) is -0.912. The molecule has 2 aromatic carbocycles. The Labute approximate surface area is 226 Å². The van der Waals surface area contributed by atoms with E-state index in [1.165, 1.54) is 0 Å². The van der Waals surface area contributed by atoms with E-state index in [-0.39, 0.29) is 5.56 Å². The zero-order valence-corrected chi connectivity index (χ0v) is 22.1. The highest BCUT2D eigenvalue weighted by Gasteiger charge is 2.28. The van der Waals surface area contributed by atoms with Crippen LogP contribution in [-0.2, 0) is 6.54 Å². The Morgan fingerprint density at radius 2 is 1.56 bits per heavy atom. The van der Waals surface area contributed by atoms with Crippen molar-refractivity contribution in [2.45, 2.75) is 26.6 Å². The Balaban J connectivity index is 1.38. The summed E-state index contributed by atoms with van der Waals surface area (Å²) >= 11 is 0. The largest absolute Gasteiger partial charge is 0.494 e. The number of amides is 1. The van der Waals surface area contributed by atoms with Crippen LogP contribution >= 0.6 is 0 Å². The van der Waals surface area contributed by atoms with Crippen molar-refractivity contribution < 1.29 is 27.4 Å². The number of carbonyl (C=O) groups is 1. The molecule has 1 saturated heterocycles. The minimum Gasteiger partial charge on any atom is -0.494 e. The van der Waals surface area contributed by atoms with Crippen LogP contribution in [-0.4, -0.2) is 67.9 Å². The van der Waals surface area contributed by atoms with E-state index in [1.807, 2.05) is 37.5 Å². The van der Waals surface area contributed by atoms with Crippen molar-refractivity contribution >= 4 is 11.6 Å². The molecule has 1 aliphatic heterocycles. The molecule has 0 unspecified atom stereocenters. The van der Waals surface area contributed by atoms with Gasteiger partial charge in [-0.25, -0.2) is 0 Å². The third kappa shape index (κ3) is 8.10. The molecule has 1 aliphatic rings. The molecule has 0 aliphatic carbocycles. The Bertz CT molecular complexity index is 1240. The average Bonchev–Trinajstić information content (AvgIpc) is 2.92. The molecule has 10 heteroatoms. The minimum absolute atomic E-state index is 0.202. The van der Waals surface area contributed by atoms with Crippen LogP contribution in [0.3, 0.4) is 0 Å². The van der Waals surface area contributed by atoms with Gasteiger partial charge in [-0.1, -0.05) is 0 Å². The van der Waals surface area contributed by atoms with Crippen molar-refractivity contribution in [2.24, 2.45) is 0 Å². The number of carbonyl (C=O) groups excluding carboxylic acids is 1. The van der Waals surface area contributed by atoms with Crippen molar-refractivity contribution in [1.82, 2.24) is 15.2 Å². The fourth-order valence-corrected chi connectivity index (χ4v) is 4.52. The summed E-state index contributed by atoms with van der Waals surface area (Å²) in [5.41, 5.74) is 4.26. The molecule has 0 saturated carbocycles. The van der Waals surface area contributed by atoms with Gasteiger partial charge in [0, 0.05) is 55.7 Å². The summed E-state index contributed by atoms with van der Waals surface area (Å²) in [5.74, 6) is 0.798. The minimum atomic E-state index is -4.44. The number of pyridine rings is 1. The average molecular weight is 543 g/mol. The molecular formula is C29H33F3N4O3. The molecule has 0 bridgehead atoms. The normalized spacial score (nSPS) is 14.2. The molecule has 208 valence electrons. The van der Waals surface area contributed by atoms with Crippen molar-refractivity contribution in [3.63, 3.8) is 0 Å². The number of hydrogen-bond donors (Lipinski definition) is 1. The van der Waals surface area contributed by atoms with Crippen molar-refractivity contribution in [3.05, 3.63) is 72.1 Å². The van der Waals surface area contributed by atoms with Gasteiger partial charge in [-0.05, 0) is 73.5 Å². The van der Waals surface area contributed by atoms with Crippen LogP contribution in [0, 0.1) is 0 Å². The lowest BCUT2D eigenvalue weighted by Gasteiger charge is -2.36. The standard InChI is InChI=1S/C29H33F3N4O3/c1-3-38-26-14-21(13-23(15-26)24-16-27(39-4-2)18-33-17-24)19-35-9-11-36(12-10-35)25-7-5-22(6-8-25)28(37)34-20-29(30,31)32/h5-8,13-18H,3-4,9-12,19-20H2,1-2H3,(H,34,37). The first-order valence-electron chi connectivity index (χ1n) is 13.0. The van der Waals surface area contributed by atoms with Gasteiger partial charge in [0.25, 0.3) is 5.91 Å². The molecule has 1 amide bonds. The molecule has 3 aromatic rings. The lowest BCUT2D eigenvalue weighted by atomic mass is 10.0. The molecule has 4 rings (SSSR count). The van der Waals surface area contributed by atoms with E-state index in [4.69, 9.17) is 9.47 Å². The Kier molecular flexibility index (Phi) is 9.29. The monoisotopic (exact) mass is 542 g/mol. The van der Waals surface area contributed by atoms with Gasteiger partial charge in [-0.3, -0.25) is 14.7 Å². The van der Waals surface area contributed by atoms with Crippen LogP contribution in [0.25, 0.3) is 11.1 Å². The van der Waals surface area contributed by atoms with Gasteiger partial charge in [0.15, 0.2) is 0 Å². The third-order valence-corrected chi connectivity index (χ3v) is 6.36.